The molecule has 56 heavy (non-hydrogen) atoms. The number of aryl methyl sites for hydroxylation is 4. The Hall–Kier alpha value is -5.39. The van der Waals surface area contributed by atoms with E-state index >= 15 is 4.79 Å². The highest BCUT2D eigenvalue weighted by molar-refractivity contribution is 7.22. The van der Waals surface area contributed by atoms with Gasteiger partial charge in [0.25, 0.3) is 0 Å². The zero-order valence-corrected chi connectivity index (χ0v) is 33.3. The van der Waals surface area contributed by atoms with E-state index in [1.807, 2.05) is 50.3 Å². The number of nitrogens with zero attached hydrogens (tertiary/aromatic N) is 4. The van der Waals surface area contributed by atoms with Crippen molar-refractivity contribution >= 4 is 73.9 Å². The van der Waals surface area contributed by atoms with Crippen molar-refractivity contribution < 1.29 is 29.1 Å². The Kier molecular flexibility index (Phi) is 8.13. The largest absolute Gasteiger partial charge is 0.507 e. The van der Waals surface area contributed by atoms with E-state index in [0.29, 0.717) is 45.3 Å². The summed E-state index contributed by atoms with van der Waals surface area (Å²) in [5, 5.41) is 17.3. The summed E-state index contributed by atoms with van der Waals surface area (Å²) in [6.07, 6.45) is 2.52. The van der Waals surface area contributed by atoms with Gasteiger partial charge in [-0.2, -0.15) is 5.10 Å². The summed E-state index contributed by atoms with van der Waals surface area (Å²) in [4.78, 5) is 74.1. The summed E-state index contributed by atoms with van der Waals surface area (Å²) in [5.74, 6) is -4.37. The number of fused-ring (bicyclic) bond motifs is 5. The molecule has 2 aliphatic carbocycles. The van der Waals surface area contributed by atoms with Gasteiger partial charge in [-0.05, 0) is 123 Å². The van der Waals surface area contributed by atoms with Gasteiger partial charge in [0.15, 0.2) is 5.78 Å². The monoisotopic (exact) mass is 786 g/mol. The topological polar surface area (TPSA) is 130 Å². The van der Waals surface area contributed by atoms with E-state index in [2.05, 4.69) is 0 Å². The first-order chi connectivity index (χ1) is 26.6. The molecule has 12 heteroatoms. The Morgan fingerprint density at radius 3 is 2.29 bits per heavy atom. The molecule has 6 atom stereocenters. The number of amides is 4. The summed E-state index contributed by atoms with van der Waals surface area (Å²) < 4.78 is 2.62. The van der Waals surface area contributed by atoms with Crippen molar-refractivity contribution in [3.63, 3.8) is 0 Å². The van der Waals surface area contributed by atoms with Crippen molar-refractivity contribution in [3.05, 3.63) is 105 Å². The zero-order valence-electron chi connectivity index (χ0n) is 31.7. The first-order valence-electron chi connectivity index (χ1n) is 18.7. The number of Topliss-reactive ketones (excluding diaryl/α,β-unsaturated/α-hetero) is 1. The summed E-state index contributed by atoms with van der Waals surface area (Å²) in [7, 11) is 1.72. The van der Waals surface area contributed by atoms with Crippen molar-refractivity contribution in [2.45, 2.75) is 53.4 Å². The first-order valence-corrected chi connectivity index (χ1v) is 19.9. The lowest BCUT2D eigenvalue weighted by atomic mass is 9.51. The third kappa shape index (κ3) is 4.99. The van der Waals surface area contributed by atoms with E-state index in [0.717, 1.165) is 31.7 Å². The Morgan fingerprint density at radius 1 is 0.911 bits per heavy atom. The van der Waals surface area contributed by atoms with Crippen LogP contribution >= 0.6 is 22.9 Å². The van der Waals surface area contributed by atoms with Crippen molar-refractivity contribution in [1.29, 1.82) is 0 Å². The van der Waals surface area contributed by atoms with Gasteiger partial charge in [0, 0.05) is 34.3 Å². The number of hydrogen-bond donors (Lipinski definition) is 1. The molecule has 4 amide bonds. The van der Waals surface area contributed by atoms with Crippen molar-refractivity contribution in [2.75, 3.05) is 9.80 Å². The molecule has 284 valence electrons. The number of hydrogen-bond acceptors (Lipinski definition) is 8. The van der Waals surface area contributed by atoms with Gasteiger partial charge in [0.05, 0.1) is 33.7 Å². The van der Waals surface area contributed by atoms with Crippen molar-refractivity contribution in [1.82, 2.24) is 9.78 Å². The molecule has 4 heterocycles. The fourth-order valence-electron chi connectivity index (χ4n) is 10.1. The molecule has 3 fully saturated rings. The van der Waals surface area contributed by atoms with Crippen LogP contribution < -0.4 is 9.80 Å². The zero-order chi connectivity index (χ0) is 39.7. The summed E-state index contributed by atoms with van der Waals surface area (Å²) in [6.45, 7) is 8.93. The van der Waals surface area contributed by atoms with E-state index < -0.39 is 35.0 Å². The fraction of sp³-hybridized carbons (Fsp3) is 0.318. The van der Waals surface area contributed by atoms with Crippen LogP contribution in [-0.2, 0) is 26.2 Å². The minimum Gasteiger partial charge on any atom is -0.507 e. The highest BCUT2D eigenvalue weighted by atomic mass is 35.5. The van der Waals surface area contributed by atoms with Gasteiger partial charge >= 0.3 is 0 Å². The predicted molar refractivity (Wildman–Crippen MR) is 215 cm³/mol. The lowest BCUT2D eigenvalue weighted by Gasteiger charge is -2.49. The number of halogens is 1. The molecular formula is C44H39ClN4O6S. The van der Waals surface area contributed by atoms with Gasteiger partial charge in [0.2, 0.25) is 23.6 Å². The number of aromatic hydroxyl groups is 1. The van der Waals surface area contributed by atoms with Crippen molar-refractivity contribution in [3.8, 4) is 16.3 Å². The standard InChI is InChI=1S/C44H39ClN4O6S/c1-20-15-25(16-21(2)38(20)51)37-28-12-13-29-36(42(54)48(40(29)52)27-10-7-24(8-11-27)23(4)50)31(28)18-32-41(53)49(43(55)44(32,37)5)35-19-33(46-47(35)6)39-22(3)30-17-26(45)9-14-34(30)56-39/h7-12,14-17,19,29,31-32,36-37,51H,13,18H2,1-6H3/t29-,31+,32-,36-,37-,44+/m0/s1. The molecule has 4 aliphatic rings. The van der Waals surface area contributed by atoms with E-state index in [-0.39, 0.29) is 41.6 Å². The Balaban J connectivity index is 1.15. The van der Waals surface area contributed by atoms with Gasteiger partial charge in [-0.15, -0.1) is 11.3 Å². The number of aromatic nitrogens is 2. The Labute approximate surface area is 332 Å². The molecule has 1 N–H and O–H groups in total. The molecule has 0 unspecified atom stereocenters. The van der Waals surface area contributed by atoms with Crippen LogP contribution in [0.4, 0.5) is 11.5 Å². The molecule has 0 spiro atoms. The summed E-state index contributed by atoms with van der Waals surface area (Å²) in [6, 6.07) is 17.7. The van der Waals surface area contributed by atoms with Crippen molar-refractivity contribution in [2.24, 2.45) is 36.1 Å². The predicted octanol–water partition coefficient (Wildman–Crippen LogP) is 8.22. The third-order valence-electron chi connectivity index (χ3n) is 12.9. The molecular weight excluding hydrogens is 748 g/mol. The fourth-order valence-corrected chi connectivity index (χ4v) is 11.4. The maximum atomic E-state index is 15.2. The number of phenolic OH excluding ortho intramolecular Hbond substituents is 1. The van der Waals surface area contributed by atoms with E-state index in [9.17, 15) is 24.3 Å². The maximum Gasteiger partial charge on any atom is 0.242 e. The van der Waals surface area contributed by atoms with E-state index in [1.165, 1.54) is 16.7 Å². The van der Waals surface area contributed by atoms with Gasteiger partial charge in [0.1, 0.15) is 17.3 Å². The molecule has 0 bridgehead atoms. The Morgan fingerprint density at radius 2 is 1.61 bits per heavy atom. The molecule has 2 saturated heterocycles. The van der Waals surface area contributed by atoms with Gasteiger partial charge < -0.3 is 5.11 Å². The van der Waals surface area contributed by atoms with Crippen LogP contribution in [0.1, 0.15) is 65.2 Å². The van der Waals surface area contributed by atoms with Crippen LogP contribution in [0.25, 0.3) is 20.7 Å². The van der Waals surface area contributed by atoms with E-state index in [4.69, 9.17) is 16.7 Å². The number of carbonyl (C=O) groups excluding carboxylic acids is 5. The van der Waals surface area contributed by atoms with Gasteiger partial charge in [-0.25, -0.2) is 4.90 Å². The minimum atomic E-state index is -1.26. The first kappa shape index (κ1) is 36.3. The highest BCUT2D eigenvalue weighted by Crippen LogP contribution is 2.64. The smallest absolute Gasteiger partial charge is 0.242 e. The van der Waals surface area contributed by atoms with Crippen LogP contribution in [0.5, 0.6) is 5.75 Å². The third-order valence-corrected chi connectivity index (χ3v) is 14.4. The molecule has 2 aliphatic heterocycles. The average molecular weight is 787 g/mol. The molecule has 0 radical (unpaired) electrons. The SMILES string of the molecule is CC(=O)c1ccc(N2C(=O)[C@H]3[C@H](CC=C4[C@H]3C[C@H]3C(=O)N(c5cc(-c6sc7ccc(Cl)cc7c6C)nn5C)C(=O)[C@@]3(C)[C@H]4c3cc(C)c(O)c(C)c3)C2=O)cc1. The molecule has 1 saturated carbocycles. The van der Waals surface area contributed by atoms with Gasteiger partial charge in [-0.3, -0.25) is 33.6 Å². The number of thiophene rings is 1. The Bertz CT molecular complexity index is 2620. The number of anilines is 2. The maximum absolute atomic E-state index is 15.2. The number of rotatable bonds is 5. The molecule has 3 aromatic carbocycles. The summed E-state index contributed by atoms with van der Waals surface area (Å²) in [5.41, 5.74) is 4.13. The quantitative estimate of drug-likeness (QED) is 0.108. The lowest BCUT2D eigenvalue weighted by molar-refractivity contribution is -0.131. The molecule has 2 aromatic heterocycles. The number of ketones is 1. The van der Waals surface area contributed by atoms with E-state index in [1.54, 1.807) is 67.2 Å². The molecule has 5 aromatic rings. The number of allylic oxidation sites excluding steroid dienone is 2. The molecule has 9 rings (SSSR count). The minimum absolute atomic E-state index is 0.123. The van der Waals surface area contributed by atoms with Crippen LogP contribution in [-0.4, -0.2) is 44.3 Å². The second-order valence-corrected chi connectivity index (χ2v) is 17.5. The van der Waals surface area contributed by atoms with Crippen LogP contribution in [0, 0.1) is 49.9 Å². The lowest BCUT2D eigenvalue weighted by Crippen LogP contribution is -2.49. The van der Waals surface area contributed by atoms with Crippen LogP contribution in [0.15, 0.2) is 72.3 Å². The van der Waals surface area contributed by atoms with Gasteiger partial charge in [-0.1, -0.05) is 35.4 Å². The number of imide groups is 2. The van der Waals surface area contributed by atoms with Crippen LogP contribution in [0.3, 0.4) is 0 Å². The highest BCUT2D eigenvalue weighted by Gasteiger charge is 2.68. The normalized spacial score (nSPS) is 25.8. The second-order valence-electron chi connectivity index (χ2n) is 16.0. The molecule has 10 nitrogen and oxygen atoms in total. The average Bonchev–Trinajstić information content (AvgIpc) is 3.83. The number of carbonyl (C=O) groups is 5. The second kappa shape index (κ2) is 12.6. The number of benzene rings is 3. The summed E-state index contributed by atoms with van der Waals surface area (Å²) >= 11 is 7.89. The number of phenols is 1. The van der Waals surface area contributed by atoms with Crippen LogP contribution in [0.2, 0.25) is 5.02 Å².